The molecule has 2 heteroatoms. The van der Waals surface area contributed by atoms with Gasteiger partial charge in [0.25, 0.3) is 0 Å². The van der Waals surface area contributed by atoms with E-state index in [9.17, 15) is 5.11 Å². The molecule has 2 nitrogen and oxygen atoms in total. The highest BCUT2D eigenvalue weighted by molar-refractivity contribution is 5.39. The van der Waals surface area contributed by atoms with Gasteiger partial charge in [0.05, 0.1) is 17.8 Å². The highest BCUT2D eigenvalue weighted by atomic mass is 16.6. The first-order valence-corrected chi connectivity index (χ1v) is 11.9. The van der Waals surface area contributed by atoms with E-state index in [2.05, 4.69) is 39.0 Å². The van der Waals surface area contributed by atoms with Crippen molar-refractivity contribution in [3.05, 3.63) is 34.9 Å². The number of ether oxygens (including phenoxy) is 1. The van der Waals surface area contributed by atoms with Crippen molar-refractivity contribution in [2.75, 3.05) is 0 Å². The summed E-state index contributed by atoms with van der Waals surface area (Å²) >= 11 is 0. The first-order chi connectivity index (χ1) is 13.4. The van der Waals surface area contributed by atoms with Gasteiger partial charge >= 0.3 is 0 Å². The van der Waals surface area contributed by atoms with Gasteiger partial charge in [-0.05, 0) is 85.2 Å². The fraction of sp³-hybridized carbons (Fsp3) is 0.769. The van der Waals surface area contributed by atoms with E-state index in [1.807, 2.05) is 0 Å². The Bertz CT molecular complexity index is 802. The molecule has 0 spiro atoms. The molecular formula is C26H36O2. The van der Waals surface area contributed by atoms with Gasteiger partial charge in [-0.15, -0.1) is 0 Å². The van der Waals surface area contributed by atoms with Crippen LogP contribution >= 0.6 is 0 Å². The Kier molecular flexibility index (Phi) is 3.75. The number of benzene rings is 1. The van der Waals surface area contributed by atoms with E-state index in [0.717, 1.165) is 24.7 Å². The van der Waals surface area contributed by atoms with E-state index < -0.39 is 5.60 Å². The summed E-state index contributed by atoms with van der Waals surface area (Å²) in [6.07, 6.45) is 10.4. The third-order valence-corrected chi connectivity index (χ3v) is 10.0. The van der Waals surface area contributed by atoms with Crippen LogP contribution in [0.1, 0.15) is 81.4 Å². The van der Waals surface area contributed by atoms with E-state index >= 15 is 0 Å². The molecule has 152 valence electrons. The zero-order valence-corrected chi connectivity index (χ0v) is 17.8. The average molecular weight is 381 g/mol. The summed E-state index contributed by atoms with van der Waals surface area (Å²) in [4.78, 5) is 0. The topological polar surface area (TPSA) is 32.8 Å². The van der Waals surface area contributed by atoms with Gasteiger partial charge in [-0.2, -0.15) is 0 Å². The summed E-state index contributed by atoms with van der Waals surface area (Å²) in [7, 11) is 0. The number of aryl methyl sites for hydroxylation is 1. The molecule has 0 amide bonds. The number of aliphatic hydroxyl groups is 1. The maximum Gasteiger partial charge on any atom is 0.0869 e. The third-order valence-electron chi connectivity index (χ3n) is 10.0. The molecule has 0 aromatic heterocycles. The monoisotopic (exact) mass is 380 g/mol. The van der Waals surface area contributed by atoms with Crippen molar-refractivity contribution in [2.45, 2.75) is 95.9 Å². The van der Waals surface area contributed by atoms with Crippen LogP contribution in [0.4, 0.5) is 0 Å². The molecule has 9 atom stereocenters. The van der Waals surface area contributed by atoms with Crippen LogP contribution in [0.3, 0.4) is 0 Å². The van der Waals surface area contributed by atoms with Crippen LogP contribution in [0.25, 0.3) is 0 Å². The standard InChI is InChI=1S/C26H36O2/c1-4-5-16-11-17-10-15(2)6-7-19(17)20-8-9-25(3)21(24(16)20)12-18-13-22-23(28-22)14-26(18,25)27/h6-7,10,16,18,20-24,27H,4-5,8-9,11-14H2,1-3H3/t16?,18-,20?,21?,22-,23+,24?,25-,26-/m0/s1. The first kappa shape index (κ1) is 18.0. The summed E-state index contributed by atoms with van der Waals surface area (Å²) < 4.78 is 5.87. The Morgan fingerprint density at radius 2 is 2.07 bits per heavy atom. The predicted molar refractivity (Wildman–Crippen MR) is 111 cm³/mol. The molecule has 1 heterocycles. The summed E-state index contributed by atoms with van der Waals surface area (Å²) in [5.74, 6) is 3.43. The molecule has 1 aromatic carbocycles. The van der Waals surface area contributed by atoms with E-state index in [1.54, 1.807) is 11.1 Å². The molecule has 5 aliphatic rings. The molecule has 4 aliphatic carbocycles. The molecule has 1 aliphatic heterocycles. The summed E-state index contributed by atoms with van der Waals surface area (Å²) in [6, 6.07) is 7.25. The zero-order chi connectivity index (χ0) is 19.3. The van der Waals surface area contributed by atoms with Crippen LogP contribution in [0, 0.1) is 36.0 Å². The molecule has 0 bridgehead atoms. The van der Waals surface area contributed by atoms with Gasteiger partial charge < -0.3 is 9.84 Å². The fourth-order valence-electron chi connectivity index (χ4n) is 8.68. The normalized spacial score (nSPS) is 50.8. The van der Waals surface area contributed by atoms with E-state index in [-0.39, 0.29) is 5.41 Å². The van der Waals surface area contributed by atoms with Gasteiger partial charge in [0.15, 0.2) is 0 Å². The number of hydrogen-bond donors (Lipinski definition) is 1. The van der Waals surface area contributed by atoms with Crippen LogP contribution in [0.2, 0.25) is 0 Å². The zero-order valence-electron chi connectivity index (χ0n) is 17.8. The van der Waals surface area contributed by atoms with Crippen molar-refractivity contribution in [2.24, 2.45) is 29.1 Å². The molecule has 1 saturated heterocycles. The average Bonchev–Trinajstić information content (AvgIpc) is 3.36. The van der Waals surface area contributed by atoms with Crippen LogP contribution in [-0.4, -0.2) is 22.9 Å². The van der Waals surface area contributed by atoms with E-state index in [1.165, 1.54) is 44.1 Å². The summed E-state index contributed by atoms with van der Waals surface area (Å²) in [5.41, 5.74) is 4.30. The van der Waals surface area contributed by atoms with Crippen molar-refractivity contribution >= 4 is 0 Å². The molecule has 0 radical (unpaired) electrons. The van der Waals surface area contributed by atoms with Gasteiger partial charge in [-0.3, -0.25) is 0 Å². The molecule has 4 fully saturated rings. The highest BCUT2D eigenvalue weighted by Crippen LogP contribution is 2.70. The van der Waals surface area contributed by atoms with Crippen molar-refractivity contribution in [1.82, 2.24) is 0 Å². The minimum atomic E-state index is -0.482. The smallest absolute Gasteiger partial charge is 0.0869 e. The second-order valence-corrected chi connectivity index (χ2v) is 11.2. The van der Waals surface area contributed by atoms with Crippen molar-refractivity contribution in [3.8, 4) is 0 Å². The Morgan fingerprint density at radius 3 is 2.89 bits per heavy atom. The lowest BCUT2D eigenvalue weighted by Crippen LogP contribution is -2.55. The maximum atomic E-state index is 12.0. The van der Waals surface area contributed by atoms with Gasteiger partial charge in [0.2, 0.25) is 0 Å². The molecule has 4 unspecified atom stereocenters. The molecule has 28 heavy (non-hydrogen) atoms. The number of epoxide rings is 1. The lowest BCUT2D eigenvalue weighted by Gasteiger charge is -2.56. The minimum Gasteiger partial charge on any atom is -0.389 e. The Morgan fingerprint density at radius 1 is 1.21 bits per heavy atom. The largest absolute Gasteiger partial charge is 0.389 e. The van der Waals surface area contributed by atoms with Crippen molar-refractivity contribution in [1.29, 1.82) is 0 Å². The second kappa shape index (κ2) is 5.85. The molecule has 6 rings (SSSR count). The summed E-state index contributed by atoms with van der Waals surface area (Å²) in [6.45, 7) is 7.06. The van der Waals surface area contributed by atoms with Crippen LogP contribution in [0.5, 0.6) is 0 Å². The van der Waals surface area contributed by atoms with Crippen molar-refractivity contribution in [3.63, 3.8) is 0 Å². The van der Waals surface area contributed by atoms with E-state index in [4.69, 9.17) is 4.74 Å². The van der Waals surface area contributed by atoms with Gasteiger partial charge in [0.1, 0.15) is 0 Å². The summed E-state index contributed by atoms with van der Waals surface area (Å²) in [5, 5.41) is 12.0. The van der Waals surface area contributed by atoms with Gasteiger partial charge in [-0.25, -0.2) is 0 Å². The molecule has 3 saturated carbocycles. The SMILES string of the molecule is CCCC1Cc2cc(C)ccc2C2CC[C@@]3(C)C(C[C@H]4C[C@@H]5O[C@@H]5C[C@]43O)C12. The maximum absolute atomic E-state index is 12.0. The van der Waals surface area contributed by atoms with Crippen molar-refractivity contribution < 1.29 is 9.84 Å². The number of rotatable bonds is 2. The second-order valence-electron chi connectivity index (χ2n) is 11.2. The fourth-order valence-corrected chi connectivity index (χ4v) is 8.68. The van der Waals surface area contributed by atoms with Gasteiger partial charge in [0, 0.05) is 6.42 Å². The van der Waals surface area contributed by atoms with Crippen LogP contribution in [0.15, 0.2) is 18.2 Å². The van der Waals surface area contributed by atoms with Crippen LogP contribution in [-0.2, 0) is 11.2 Å². The highest BCUT2D eigenvalue weighted by Gasteiger charge is 2.70. The van der Waals surface area contributed by atoms with E-state index in [0.29, 0.717) is 30.0 Å². The first-order valence-electron chi connectivity index (χ1n) is 11.9. The Hall–Kier alpha value is -0.860. The number of fused-ring (bicyclic) bond motifs is 8. The predicted octanol–water partition coefficient (Wildman–Crippen LogP) is 5.40. The Labute approximate surface area is 170 Å². The third kappa shape index (κ3) is 2.23. The quantitative estimate of drug-likeness (QED) is 0.697. The minimum absolute atomic E-state index is 0.0872. The number of hydrogen-bond acceptors (Lipinski definition) is 2. The van der Waals surface area contributed by atoms with Crippen LogP contribution < -0.4 is 0 Å². The van der Waals surface area contributed by atoms with Gasteiger partial charge in [-0.1, -0.05) is 50.5 Å². The molecular weight excluding hydrogens is 344 g/mol. The molecule has 1 aromatic rings. The lowest BCUT2D eigenvalue weighted by molar-refractivity contribution is -0.137. The molecule has 1 N–H and O–H groups in total. The Balaban J connectivity index is 1.42. The lowest BCUT2D eigenvalue weighted by atomic mass is 9.49.